The number of carbonyl (C=O) groups excluding carboxylic acids is 2. The first-order valence-electron chi connectivity index (χ1n) is 7.49. The molecule has 0 saturated heterocycles. The number of nitrogens with one attached hydrogen (secondary N) is 2. The molecule has 0 aromatic rings. The van der Waals surface area contributed by atoms with Gasteiger partial charge in [-0.1, -0.05) is 26.2 Å². The molecule has 2 amide bonds. The largest absolute Gasteiger partial charge is 0.373 e. The molecule has 0 aromatic heterocycles. The van der Waals surface area contributed by atoms with E-state index in [9.17, 15) is 9.59 Å². The third-order valence-electron chi connectivity index (χ3n) is 3.62. The summed E-state index contributed by atoms with van der Waals surface area (Å²) in [5.74, 6) is -0.522. The minimum absolute atomic E-state index is 0. The highest BCUT2D eigenvalue weighted by atomic mass is 35.5. The van der Waals surface area contributed by atoms with Gasteiger partial charge in [-0.3, -0.25) is 9.59 Å². The number of hydrogen-bond acceptors (Lipinski definition) is 4. The zero-order valence-electron chi connectivity index (χ0n) is 12.8. The highest BCUT2D eigenvalue weighted by Crippen LogP contribution is 2.31. The van der Waals surface area contributed by atoms with Gasteiger partial charge < -0.3 is 21.1 Å². The molecule has 1 rings (SSSR count). The van der Waals surface area contributed by atoms with Crippen molar-refractivity contribution in [2.75, 3.05) is 26.2 Å². The van der Waals surface area contributed by atoms with Crippen molar-refractivity contribution in [2.24, 2.45) is 5.73 Å². The van der Waals surface area contributed by atoms with Crippen LogP contribution in [0.1, 0.15) is 45.4 Å². The molecule has 0 aliphatic heterocycles. The maximum Gasteiger partial charge on any atom is 0.239 e. The fraction of sp³-hybridized carbons (Fsp3) is 0.857. The van der Waals surface area contributed by atoms with E-state index in [1.807, 2.05) is 0 Å². The van der Waals surface area contributed by atoms with Gasteiger partial charge in [-0.2, -0.15) is 0 Å². The van der Waals surface area contributed by atoms with Gasteiger partial charge in [0, 0.05) is 13.2 Å². The van der Waals surface area contributed by atoms with Crippen molar-refractivity contribution in [3.63, 3.8) is 0 Å². The van der Waals surface area contributed by atoms with Crippen molar-refractivity contribution >= 4 is 24.2 Å². The van der Waals surface area contributed by atoms with Crippen molar-refractivity contribution in [1.29, 1.82) is 0 Å². The van der Waals surface area contributed by atoms with Crippen LogP contribution in [-0.2, 0) is 14.3 Å². The predicted octanol–water partition coefficient (Wildman–Crippen LogP) is 0.729. The Bertz CT molecular complexity index is 321. The highest BCUT2D eigenvalue weighted by molar-refractivity contribution is 5.85. The molecule has 0 aromatic carbocycles. The summed E-state index contributed by atoms with van der Waals surface area (Å²) in [4.78, 5) is 22.7. The molecule has 0 spiro atoms. The Hall–Kier alpha value is -0.850. The Morgan fingerprint density at radius 2 is 1.81 bits per heavy atom. The summed E-state index contributed by atoms with van der Waals surface area (Å²) in [5.41, 5.74) is 4.94. The second kappa shape index (κ2) is 10.8. The van der Waals surface area contributed by atoms with Gasteiger partial charge in [-0.05, 0) is 19.3 Å². The zero-order valence-corrected chi connectivity index (χ0v) is 13.6. The number of amides is 2. The lowest BCUT2D eigenvalue weighted by Gasteiger charge is -2.37. The summed E-state index contributed by atoms with van der Waals surface area (Å²) in [6, 6.07) is 0. The van der Waals surface area contributed by atoms with Crippen molar-refractivity contribution in [2.45, 2.75) is 51.0 Å². The molecule has 124 valence electrons. The van der Waals surface area contributed by atoms with Crippen LogP contribution < -0.4 is 16.4 Å². The summed E-state index contributed by atoms with van der Waals surface area (Å²) >= 11 is 0. The number of rotatable bonds is 8. The van der Waals surface area contributed by atoms with E-state index in [4.69, 9.17) is 10.5 Å². The van der Waals surface area contributed by atoms with E-state index in [1.54, 1.807) is 0 Å². The Morgan fingerprint density at radius 3 is 2.38 bits per heavy atom. The highest BCUT2D eigenvalue weighted by Gasteiger charge is 2.33. The Labute approximate surface area is 133 Å². The van der Waals surface area contributed by atoms with Crippen LogP contribution in [0.25, 0.3) is 0 Å². The number of nitrogens with two attached hydrogens (primary N) is 1. The summed E-state index contributed by atoms with van der Waals surface area (Å²) < 4.78 is 5.99. The van der Waals surface area contributed by atoms with Crippen molar-refractivity contribution in [3.8, 4) is 0 Å². The van der Waals surface area contributed by atoms with Crippen LogP contribution in [0.15, 0.2) is 0 Å². The van der Waals surface area contributed by atoms with Gasteiger partial charge in [0.1, 0.15) is 0 Å². The summed E-state index contributed by atoms with van der Waals surface area (Å²) in [6.07, 6.45) is 6.47. The van der Waals surface area contributed by atoms with Gasteiger partial charge in [0.15, 0.2) is 0 Å². The van der Waals surface area contributed by atoms with Crippen LogP contribution in [0.4, 0.5) is 0 Å². The van der Waals surface area contributed by atoms with Crippen LogP contribution in [0.5, 0.6) is 0 Å². The first kappa shape index (κ1) is 20.1. The normalized spacial score (nSPS) is 16.7. The molecule has 1 saturated carbocycles. The zero-order chi connectivity index (χ0) is 14.8. The average Bonchev–Trinajstić information content (AvgIpc) is 2.49. The van der Waals surface area contributed by atoms with Gasteiger partial charge in [0.2, 0.25) is 11.8 Å². The van der Waals surface area contributed by atoms with Crippen LogP contribution in [0, 0.1) is 0 Å². The molecule has 21 heavy (non-hydrogen) atoms. The van der Waals surface area contributed by atoms with E-state index in [0.717, 1.165) is 38.7 Å². The Balaban J connectivity index is 0.00000400. The van der Waals surface area contributed by atoms with E-state index in [0.29, 0.717) is 6.54 Å². The lowest BCUT2D eigenvalue weighted by atomic mass is 9.84. The second-order valence-electron chi connectivity index (χ2n) is 5.35. The van der Waals surface area contributed by atoms with E-state index in [2.05, 4.69) is 17.6 Å². The molecular weight excluding hydrogens is 294 g/mol. The SMILES string of the molecule is CCCOC1(CNC(=O)CNC(=O)CN)CCCCC1.Cl. The third-order valence-corrected chi connectivity index (χ3v) is 3.62. The smallest absolute Gasteiger partial charge is 0.239 e. The van der Waals surface area contributed by atoms with Gasteiger partial charge in [-0.15, -0.1) is 12.4 Å². The summed E-state index contributed by atoms with van der Waals surface area (Å²) in [7, 11) is 0. The van der Waals surface area contributed by atoms with Crippen LogP contribution in [0.2, 0.25) is 0 Å². The lowest BCUT2D eigenvalue weighted by molar-refractivity contribution is -0.127. The molecular formula is C14H28ClN3O3. The predicted molar refractivity (Wildman–Crippen MR) is 84.4 cm³/mol. The molecule has 4 N–H and O–H groups in total. The maximum absolute atomic E-state index is 11.7. The number of carbonyl (C=O) groups is 2. The molecule has 1 aliphatic carbocycles. The lowest BCUT2D eigenvalue weighted by Crippen LogP contribution is -2.49. The minimum atomic E-state index is -0.324. The molecule has 0 atom stereocenters. The average molecular weight is 322 g/mol. The summed E-state index contributed by atoms with van der Waals surface area (Å²) in [6.45, 7) is 3.19. The molecule has 0 radical (unpaired) electrons. The van der Waals surface area contributed by atoms with Gasteiger partial charge >= 0.3 is 0 Å². The first-order valence-corrected chi connectivity index (χ1v) is 7.49. The van der Waals surface area contributed by atoms with Crippen LogP contribution >= 0.6 is 12.4 Å². The van der Waals surface area contributed by atoms with Crippen molar-refractivity contribution in [1.82, 2.24) is 10.6 Å². The van der Waals surface area contributed by atoms with Gasteiger partial charge in [0.05, 0.1) is 18.7 Å². The third kappa shape index (κ3) is 7.64. The second-order valence-corrected chi connectivity index (χ2v) is 5.35. The standard InChI is InChI=1S/C14H27N3O3.ClH/c1-2-8-20-14(6-4-3-5-7-14)11-17-13(19)10-16-12(18)9-15;/h2-11,15H2,1H3,(H,16,18)(H,17,19);1H. The van der Waals surface area contributed by atoms with Crippen LogP contribution in [-0.4, -0.2) is 43.7 Å². The minimum Gasteiger partial charge on any atom is -0.373 e. The van der Waals surface area contributed by atoms with Crippen molar-refractivity contribution in [3.05, 3.63) is 0 Å². The van der Waals surface area contributed by atoms with E-state index in [1.165, 1.54) is 6.42 Å². The molecule has 1 aliphatic rings. The molecule has 0 heterocycles. The topological polar surface area (TPSA) is 93.5 Å². The van der Waals surface area contributed by atoms with Gasteiger partial charge in [-0.25, -0.2) is 0 Å². The van der Waals surface area contributed by atoms with Crippen LogP contribution in [0.3, 0.4) is 0 Å². The van der Waals surface area contributed by atoms with E-state index in [-0.39, 0.29) is 42.9 Å². The van der Waals surface area contributed by atoms with Crippen molar-refractivity contribution < 1.29 is 14.3 Å². The quantitative estimate of drug-likeness (QED) is 0.614. The molecule has 1 fully saturated rings. The Morgan fingerprint density at radius 1 is 1.14 bits per heavy atom. The number of hydrogen-bond donors (Lipinski definition) is 3. The number of ether oxygens (including phenoxy) is 1. The Kier molecular flexibility index (Phi) is 10.4. The van der Waals surface area contributed by atoms with Gasteiger partial charge in [0.25, 0.3) is 0 Å². The number of halogens is 1. The molecule has 7 heteroatoms. The first-order chi connectivity index (χ1) is 9.62. The molecule has 0 unspecified atom stereocenters. The molecule has 6 nitrogen and oxygen atoms in total. The van der Waals surface area contributed by atoms with E-state index >= 15 is 0 Å². The fourth-order valence-corrected chi connectivity index (χ4v) is 2.46. The summed E-state index contributed by atoms with van der Waals surface area (Å²) in [5, 5.41) is 5.32. The van der Waals surface area contributed by atoms with E-state index < -0.39 is 0 Å². The monoisotopic (exact) mass is 321 g/mol. The molecule has 0 bridgehead atoms. The fourth-order valence-electron chi connectivity index (χ4n) is 2.46. The maximum atomic E-state index is 11.7.